The second kappa shape index (κ2) is 3.88. The third-order valence-corrected chi connectivity index (χ3v) is 2.96. The van der Waals surface area contributed by atoms with Crippen LogP contribution in [0.2, 0.25) is 0 Å². The van der Waals surface area contributed by atoms with Crippen molar-refractivity contribution < 1.29 is 15.3 Å². The van der Waals surface area contributed by atoms with Gasteiger partial charge in [0.2, 0.25) is 0 Å². The Labute approximate surface area is 90.1 Å². The number of hydrogen-bond acceptors (Lipinski definition) is 5. The van der Waals surface area contributed by atoms with Gasteiger partial charge in [-0.05, 0) is 18.2 Å². The van der Waals surface area contributed by atoms with Crippen LogP contribution in [-0.2, 0) is 6.61 Å². The van der Waals surface area contributed by atoms with E-state index < -0.39 is 0 Å². The van der Waals surface area contributed by atoms with Crippen molar-refractivity contribution in [2.45, 2.75) is 6.61 Å². The SMILES string of the molecule is OCc1cnc(-c2ccc(O)c(O)c2)s1. The Kier molecular flexibility index (Phi) is 2.57. The molecule has 0 atom stereocenters. The first kappa shape index (κ1) is 9.95. The third kappa shape index (κ3) is 1.93. The number of thiazole rings is 1. The number of nitrogens with zero attached hydrogens (tertiary/aromatic N) is 1. The number of aliphatic hydroxyl groups excluding tert-OH is 1. The molecule has 0 amide bonds. The number of aromatic nitrogens is 1. The van der Waals surface area contributed by atoms with Crippen molar-refractivity contribution in [3.05, 3.63) is 29.3 Å². The van der Waals surface area contributed by atoms with Gasteiger partial charge in [-0.15, -0.1) is 11.3 Å². The van der Waals surface area contributed by atoms with Gasteiger partial charge in [0.1, 0.15) is 5.01 Å². The average Bonchev–Trinajstić information content (AvgIpc) is 2.70. The minimum absolute atomic E-state index is 0.0399. The predicted octanol–water partition coefficient (Wildman–Crippen LogP) is 1.71. The number of hydrogen-bond donors (Lipinski definition) is 3. The van der Waals surface area contributed by atoms with E-state index in [9.17, 15) is 5.11 Å². The monoisotopic (exact) mass is 223 g/mol. The summed E-state index contributed by atoms with van der Waals surface area (Å²) in [5.41, 5.74) is 0.718. The Morgan fingerprint density at radius 1 is 1.20 bits per heavy atom. The second-order valence-corrected chi connectivity index (χ2v) is 4.11. The quantitative estimate of drug-likeness (QED) is 0.678. The molecule has 0 saturated carbocycles. The van der Waals surface area contributed by atoms with E-state index in [4.69, 9.17) is 10.2 Å². The molecule has 0 saturated heterocycles. The normalized spacial score (nSPS) is 10.5. The molecule has 2 rings (SSSR count). The van der Waals surface area contributed by atoms with E-state index in [2.05, 4.69) is 4.98 Å². The van der Waals surface area contributed by atoms with Gasteiger partial charge in [-0.2, -0.15) is 0 Å². The molecule has 3 N–H and O–H groups in total. The molecule has 0 aliphatic rings. The fourth-order valence-corrected chi connectivity index (χ4v) is 1.94. The molecule has 0 fully saturated rings. The molecule has 0 radical (unpaired) electrons. The number of aromatic hydroxyl groups is 2. The van der Waals surface area contributed by atoms with Crippen LogP contribution in [0.5, 0.6) is 11.5 Å². The van der Waals surface area contributed by atoms with Crippen LogP contribution in [0, 0.1) is 0 Å². The lowest BCUT2D eigenvalue weighted by atomic mass is 10.2. The van der Waals surface area contributed by atoms with Gasteiger partial charge in [0.15, 0.2) is 11.5 Å². The summed E-state index contributed by atoms with van der Waals surface area (Å²) < 4.78 is 0. The molecule has 2 aromatic rings. The molecule has 1 aromatic carbocycles. The van der Waals surface area contributed by atoms with Gasteiger partial charge in [-0.3, -0.25) is 0 Å². The van der Waals surface area contributed by atoms with E-state index in [1.54, 1.807) is 12.3 Å². The summed E-state index contributed by atoms with van der Waals surface area (Å²) in [6, 6.07) is 4.51. The zero-order valence-electron chi connectivity index (χ0n) is 7.71. The standard InChI is InChI=1S/C10H9NO3S/c12-5-7-4-11-10(15-7)6-1-2-8(13)9(14)3-6/h1-4,12-14H,5H2. The van der Waals surface area contributed by atoms with Gasteiger partial charge >= 0.3 is 0 Å². The molecule has 1 heterocycles. The molecule has 1 aromatic heterocycles. The highest BCUT2D eigenvalue weighted by Crippen LogP contribution is 2.32. The average molecular weight is 223 g/mol. The Bertz CT molecular complexity index is 481. The number of aliphatic hydroxyl groups is 1. The fourth-order valence-electron chi connectivity index (χ4n) is 1.17. The summed E-state index contributed by atoms with van der Waals surface area (Å²) in [5.74, 6) is -0.328. The van der Waals surface area contributed by atoms with Gasteiger partial charge in [0.25, 0.3) is 0 Å². The zero-order chi connectivity index (χ0) is 10.8. The first-order chi connectivity index (χ1) is 7.20. The van der Waals surface area contributed by atoms with E-state index in [1.165, 1.54) is 23.5 Å². The lowest BCUT2D eigenvalue weighted by Crippen LogP contribution is -1.75. The summed E-state index contributed by atoms with van der Waals surface area (Å²) >= 11 is 1.35. The first-order valence-corrected chi connectivity index (χ1v) is 5.10. The smallest absolute Gasteiger partial charge is 0.158 e. The highest BCUT2D eigenvalue weighted by Gasteiger charge is 2.06. The van der Waals surface area contributed by atoms with Gasteiger partial charge < -0.3 is 15.3 Å². The molecule has 4 nitrogen and oxygen atoms in total. The summed E-state index contributed by atoms with van der Waals surface area (Å²) in [6.45, 7) is -0.0399. The van der Waals surface area contributed by atoms with Crippen LogP contribution in [-0.4, -0.2) is 20.3 Å². The van der Waals surface area contributed by atoms with Crippen LogP contribution in [0.25, 0.3) is 10.6 Å². The summed E-state index contributed by atoms with van der Waals surface area (Å²) in [4.78, 5) is 4.86. The lowest BCUT2D eigenvalue weighted by Gasteiger charge is -1.99. The summed E-state index contributed by atoms with van der Waals surface area (Å²) in [7, 11) is 0. The lowest BCUT2D eigenvalue weighted by molar-refractivity contribution is 0.285. The van der Waals surface area contributed by atoms with Crippen molar-refractivity contribution in [3.8, 4) is 22.1 Å². The molecule has 78 valence electrons. The van der Waals surface area contributed by atoms with Crippen molar-refractivity contribution in [1.82, 2.24) is 4.98 Å². The van der Waals surface area contributed by atoms with Gasteiger partial charge in [0.05, 0.1) is 11.5 Å². The molecule has 0 unspecified atom stereocenters. The van der Waals surface area contributed by atoms with Crippen LogP contribution < -0.4 is 0 Å². The highest BCUT2D eigenvalue weighted by atomic mass is 32.1. The molecule has 0 aliphatic carbocycles. The van der Waals surface area contributed by atoms with Crippen molar-refractivity contribution in [1.29, 1.82) is 0 Å². The third-order valence-electron chi connectivity index (χ3n) is 1.93. The Hall–Kier alpha value is -1.59. The minimum atomic E-state index is -0.173. The number of benzene rings is 1. The highest BCUT2D eigenvalue weighted by molar-refractivity contribution is 7.15. The number of phenolic OH excluding ortho intramolecular Hbond substituents is 2. The molecule has 5 heteroatoms. The summed E-state index contributed by atoms with van der Waals surface area (Å²) in [5, 5.41) is 28.0. The molecule has 0 spiro atoms. The topological polar surface area (TPSA) is 73.6 Å². The maximum atomic E-state index is 9.30. The zero-order valence-corrected chi connectivity index (χ0v) is 8.53. The molecule has 15 heavy (non-hydrogen) atoms. The largest absolute Gasteiger partial charge is 0.504 e. The first-order valence-electron chi connectivity index (χ1n) is 4.28. The maximum Gasteiger partial charge on any atom is 0.158 e. The van der Waals surface area contributed by atoms with E-state index >= 15 is 0 Å². The van der Waals surface area contributed by atoms with Gasteiger partial charge in [-0.25, -0.2) is 4.98 Å². The summed E-state index contributed by atoms with van der Waals surface area (Å²) in [6.07, 6.45) is 1.59. The molecular formula is C10H9NO3S. The predicted molar refractivity (Wildman–Crippen MR) is 56.8 cm³/mol. The van der Waals surface area contributed by atoms with Crippen LogP contribution >= 0.6 is 11.3 Å². The Morgan fingerprint density at radius 2 is 2.00 bits per heavy atom. The molecule has 0 aliphatic heterocycles. The van der Waals surface area contributed by atoms with Crippen LogP contribution in [0.4, 0.5) is 0 Å². The van der Waals surface area contributed by atoms with Crippen LogP contribution in [0.1, 0.15) is 4.88 Å². The minimum Gasteiger partial charge on any atom is -0.504 e. The van der Waals surface area contributed by atoms with Crippen molar-refractivity contribution in [3.63, 3.8) is 0 Å². The molecular weight excluding hydrogens is 214 g/mol. The van der Waals surface area contributed by atoms with Crippen molar-refractivity contribution in [2.75, 3.05) is 0 Å². The number of rotatable bonds is 2. The van der Waals surface area contributed by atoms with Crippen LogP contribution in [0.3, 0.4) is 0 Å². The second-order valence-electron chi connectivity index (χ2n) is 2.99. The van der Waals surface area contributed by atoms with E-state index in [0.29, 0.717) is 5.01 Å². The fraction of sp³-hybridized carbons (Fsp3) is 0.100. The van der Waals surface area contributed by atoms with Crippen molar-refractivity contribution in [2.24, 2.45) is 0 Å². The van der Waals surface area contributed by atoms with E-state index in [0.717, 1.165) is 10.4 Å². The van der Waals surface area contributed by atoms with Gasteiger partial charge in [-0.1, -0.05) is 0 Å². The van der Waals surface area contributed by atoms with E-state index in [1.807, 2.05) is 0 Å². The van der Waals surface area contributed by atoms with Crippen LogP contribution in [0.15, 0.2) is 24.4 Å². The van der Waals surface area contributed by atoms with E-state index in [-0.39, 0.29) is 18.1 Å². The van der Waals surface area contributed by atoms with Crippen molar-refractivity contribution >= 4 is 11.3 Å². The van der Waals surface area contributed by atoms with Gasteiger partial charge in [0, 0.05) is 11.8 Å². The number of phenols is 2. The molecule has 0 bridgehead atoms. The Balaban J connectivity index is 2.40. The Morgan fingerprint density at radius 3 is 2.60 bits per heavy atom. The maximum absolute atomic E-state index is 9.30.